The van der Waals surface area contributed by atoms with Crippen molar-refractivity contribution in [3.8, 4) is 0 Å². The summed E-state index contributed by atoms with van der Waals surface area (Å²) in [7, 11) is 0. The van der Waals surface area contributed by atoms with Crippen LogP contribution in [-0.4, -0.2) is 30.9 Å². The van der Waals surface area contributed by atoms with Crippen LogP contribution >= 0.6 is 12.4 Å². The largest absolute Gasteiger partial charge is 0.353 e. The van der Waals surface area contributed by atoms with Crippen LogP contribution in [0.5, 0.6) is 0 Å². The van der Waals surface area contributed by atoms with E-state index in [-0.39, 0.29) is 24.2 Å². The van der Waals surface area contributed by atoms with Crippen LogP contribution in [0.4, 0.5) is 0 Å². The smallest absolute Gasteiger partial charge is 0.251 e. The van der Waals surface area contributed by atoms with E-state index in [0.717, 1.165) is 5.56 Å². The first-order valence-electron chi connectivity index (χ1n) is 5.89. The highest BCUT2D eigenvalue weighted by Gasteiger charge is 2.07. The molecule has 0 aromatic heterocycles. The summed E-state index contributed by atoms with van der Waals surface area (Å²) in [6, 6.07) is 6.80. The van der Waals surface area contributed by atoms with Crippen LogP contribution in [0.2, 0.25) is 0 Å². The lowest BCUT2D eigenvalue weighted by Gasteiger charge is -2.09. The molecule has 5 nitrogen and oxygen atoms in total. The molecule has 4 N–H and O–H groups in total. The number of carbonyl (C=O) groups excluding carboxylic acids is 2. The number of aryl methyl sites for hydroxylation is 1. The second-order valence-corrected chi connectivity index (χ2v) is 4.21. The number of amides is 2. The average Bonchev–Trinajstić information content (AvgIpc) is 2.33. The van der Waals surface area contributed by atoms with Gasteiger partial charge in [0.15, 0.2) is 0 Å². The van der Waals surface area contributed by atoms with Gasteiger partial charge in [0.1, 0.15) is 0 Å². The van der Waals surface area contributed by atoms with Gasteiger partial charge in [0.2, 0.25) is 5.91 Å². The molecule has 0 fully saturated rings. The van der Waals surface area contributed by atoms with E-state index in [0.29, 0.717) is 18.7 Å². The molecule has 1 rings (SSSR count). The van der Waals surface area contributed by atoms with Crippen molar-refractivity contribution in [3.05, 3.63) is 35.4 Å². The maximum Gasteiger partial charge on any atom is 0.251 e. The van der Waals surface area contributed by atoms with Gasteiger partial charge in [0.05, 0.1) is 6.04 Å². The molecule has 1 aromatic carbocycles. The van der Waals surface area contributed by atoms with Crippen LogP contribution in [0, 0.1) is 6.92 Å². The number of nitrogens with two attached hydrogens (primary N) is 1. The van der Waals surface area contributed by atoms with Gasteiger partial charge in [-0.25, -0.2) is 0 Å². The van der Waals surface area contributed by atoms with Gasteiger partial charge in [-0.2, -0.15) is 0 Å². The van der Waals surface area contributed by atoms with E-state index < -0.39 is 6.04 Å². The minimum Gasteiger partial charge on any atom is -0.353 e. The molecule has 0 saturated heterocycles. The second kappa shape index (κ2) is 8.50. The van der Waals surface area contributed by atoms with Crippen molar-refractivity contribution < 1.29 is 9.59 Å². The van der Waals surface area contributed by atoms with Crippen LogP contribution in [0.1, 0.15) is 22.8 Å². The Morgan fingerprint density at radius 2 is 1.89 bits per heavy atom. The molecule has 0 saturated carbocycles. The van der Waals surface area contributed by atoms with Crippen LogP contribution in [0.25, 0.3) is 0 Å². The molecule has 0 spiro atoms. The lowest BCUT2D eigenvalue weighted by Crippen LogP contribution is -2.42. The fourth-order valence-corrected chi connectivity index (χ4v) is 1.41. The van der Waals surface area contributed by atoms with Crippen molar-refractivity contribution in [2.24, 2.45) is 5.73 Å². The summed E-state index contributed by atoms with van der Waals surface area (Å²) < 4.78 is 0. The predicted molar refractivity (Wildman–Crippen MR) is 77.4 cm³/mol. The number of nitrogens with one attached hydrogen (secondary N) is 2. The van der Waals surface area contributed by atoms with Gasteiger partial charge >= 0.3 is 0 Å². The highest BCUT2D eigenvalue weighted by atomic mass is 35.5. The Morgan fingerprint density at radius 3 is 2.47 bits per heavy atom. The molecule has 0 aliphatic heterocycles. The molecule has 6 heteroatoms. The monoisotopic (exact) mass is 285 g/mol. The zero-order chi connectivity index (χ0) is 13.5. The number of halogens is 1. The number of hydrogen-bond acceptors (Lipinski definition) is 3. The van der Waals surface area contributed by atoms with E-state index >= 15 is 0 Å². The summed E-state index contributed by atoms with van der Waals surface area (Å²) in [5, 5.41) is 5.35. The quantitative estimate of drug-likeness (QED) is 0.693. The van der Waals surface area contributed by atoms with Crippen LogP contribution < -0.4 is 16.4 Å². The number of benzene rings is 1. The summed E-state index contributed by atoms with van der Waals surface area (Å²) in [6.45, 7) is 4.30. The van der Waals surface area contributed by atoms with E-state index in [1.165, 1.54) is 0 Å². The average molecular weight is 286 g/mol. The Morgan fingerprint density at radius 1 is 1.26 bits per heavy atom. The summed E-state index contributed by atoms with van der Waals surface area (Å²) in [5.74, 6) is -0.367. The fourth-order valence-electron chi connectivity index (χ4n) is 1.41. The number of rotatable bonds is 5. The lowest BCUT2D eigenvalue weighted by atomic mass is 10.1. The van der Waals surface area contributed by atoms with Gasteiger partial charge in [-0.3, -0.25) is 9.59 Å². The third-order valence-corrected chi connectivity index (χ3v) is 2.40. The van der Waals surface area contributed by atoms with Crippen LogP contribution in [0.15, 0.2) is 24.3 Å². The van der Waals surface area contributed by atoms with Crippen molar-refractivity contribution in [1.82, 2.24) is 10.6 Å². The van der Waals surface area contributed by atoms with E-state index in [2.05, 4.69) is 10.6 Å². The Balaban J connectivity index is 0.00000324. The van der Waals surface area contributed by atoms with E-state index in [9.17, 15) is 9.59 Å². The van der Waals surface area contributed by atoms with Gasteiger partial charge in [0, 0.05) is 18.7 Å². The van der Waals surface area contributed by atoms with Gasteiger partial charge in [-0.05, 0) is 26.0 Å². The van der Waals surface area contributed by atoms with Crippen molar-refractivity contribution in [2.45, 2.75) is 19.9 Å². The normalized spacial score (nSPS) is 11.1. The molecular weight excluding hydrogens is 266 g/mol. The topological polar surface area (TPSA) is 84.2 Å². The maximum absolute atomic E-state index is 11.7. The van der Waals surface area contributed by atoms with Gasteiger partial charge in [-0.1, -0.05) is 17.7 Å². The van der Waals surface area contributed by atoms with Gasteiger partial charge < -0.3 is 16.4 Å². The van der Waals surface area contributed by atoms with Gasteiger partial charge in [-0.15, -0.1) is 12.4 Å². The first-order chi connectivity index (χ1) is 8.50. The van der Waals surface area contributed by atoms with Crippen LogP contribution in [0.3, 0.4) is 0 Å². The molecule has 0 aliphatic carbocycles. The zero-order valence-corrected chi connectivity index (χ0v) is 11.9. The summed E-state index contributed by atoms with van der Waals surface area (Å²) in [6.07, 6.45) is 0. The third kappa shape index (κ3) is 6.22. The summed E-state index contributed by atoms with van der Waals surface area (Å²) in [4.78, 5) is 22.9. The van der Waals surface area contributed by atoms with Crippen LogP contribution in [-0.2, 0) is 4.79 Å². The molecular formula is C13H20ClN3O2. The lowest BCUT2D eigenvalue weighted by molar-refractivity contribution is -0.121. The van der Waals surface area contributed by atoms with E-state index in [4.69, 9.17) is 5.73 Å². The molecule has 0 unspecified atom stereocenters. The first kappa shape index (κ1) is 17.4. The molecule has 19 heavy (non-hydrogen) atoms. The molecule has 1 aromatic rings. The molecule has 106 valence electrons. The minimum atomic E-state index is -0.530. The Hall–Kier alpha value is -1.59. The highest BCUT2D eigenvalue weighted by molar-refractivity contribution is 5.94. The Bertz CT molecular complexity index is 436. The molecule has 0 bridgehead atoms. The van der Waals surface area contributed by atoms with Crippen molar-refractivity contribution >= 4 is 24.2 Å². The van der Waals surface area contributed by atoms with Crippen molar-refractivity contribution in [1.29, 1.82) is 0 Å². The number of carbonyl (C=O) groups is 2. The van der Waals surface area contributed by atoms with Crippen molar-refractivity contribution in [3.63, 3.8) is 0 Å². The second-order valence-electron chi connectivity index (χ2n) is 4.21. The molecule has 0 radical (unpaired) electrons. The fraction of sp³-hybridized carbons (Fsp3) is 0.385. The SMILES string of the molecule is Cc1cccc(C(=O)NCCNC(=O)[C@@H](C)N)c1.Cl. The van der Waals surface area contributed by atoms with Crippen molar-refractivity contribution in [2.75, 3.05) is 13.1 Å². The predicted octanol–water partition coefficient (Wildman–Crippen LogP) is 0.610. The number of hydrogen-bond donors (Lipinski definition) is 3. The third-order valence-electron chi connectivity index (χ3n) is 2.40. The molecule has 0 heterocycles. The summed E-state index contributed by atoms with van der Waals surface area (Å²) in [5.41, 5.74) is 7.04. The molecule has 0 aliphatic rings. The molecule has 2 amide bonds. The Kier molecular flexibility index (Phi) is 7.79. The Labute approximate surface area is 119 Å². The van der Waals surface area contributed by atoms with E-state index in [1.54, 1.807) is 13.0 Å². The molecule has 1 atom stereocenters. The maximum atomic E-state index is 11.7. The highest BCUT2D eigenvalue weighted by Crippen LogP contribution is 2.03. The minimum absolute atomic E-state index is 0. The summed E-state index contributed by atoms with van der Waals surface area (Å²) >= 11 is 0. The zero-order valence-electron chi connectivity index (χ0n) is 11.1. The van der Waals surface area contributed by atoms with Gasteiger partial charge in [0.25, 0.3) is 5.91 Å². The standard InChI is InChI=1S/C13H19N3O2.ClH/c1-9-4-3-5-11(8-9)13(18)16-7-6-15-12(17)10(2)14;/h3-5,8,10H,6-7,14H2,1-2H3,(H,15,17)(H,16,18);1H/t10-;/m1./s1. The first-order valence-corrected chi connectivity index (χ1v) is 5.89. The van der Waals surface area contributed by atoms with E-state index in [1.807, 2.05) is 25.1 Å².